The Morgan fingerprint density at radius 2 is 2.00 bits per heavy atom. The van der Waals surface area contributed by atoms with Crippen molar-refractivity contribution in [1.82, 2.24) is 9.78 Å². The summed E-state index contributed by atoms with van der Waals surface area (Å²) in [4.78, 5) is 11.5. The molecule has 0 atom stereocenters. The molecule has 0 saturated carbocycles. The first-order chi connectivity index (χ1) is 9.52. The van der Waals surface area contributed by atoms with Crippen molar-refractivity contribution in [2.45, 2.75) is 26.9 Å². The molecule has 2 aromatic rings. The standard InChI is InChI=1S/C15H17ClN2O2/c1-4-14(19)11-5-7-12(8-6-11)20-9-13-10(2)17-18(3)15(13)16/h5-8H,4,9H2,1-3H3. The number of halogens is 1. The zero-order valence-corrected chi connectivity index (χ0v) is 12.6. The first-order valence-corrected chi connectivity index (χ1v) is 6.84. The van der Waals surface area contributed by atoms with Crippen LogP contribution in [0.4, 0.5) is 0 Å². The molecule has 1 aromatic carbocycles. The van der Waals surface area contributed by atoms with Gasteiger partial charge in [-0.25, -0.2) is 0 Å². The molecule has 5 heteroatoms. The molecule has 1 heterocycles. The van der Waals surface area contributed by atoms with Crippen LogP contribution in [-0.2, 0) is 13.7 Å². The summed E-state index contributed by atoms with van der Waals surface area (Å²) in [6.45, 7) is 4.10. The number of carbonyl (C=O) groups is 1. The maximum Gasteiger partial charge on any atom is 0.162 e. The van der Waals surface area contributed by atoms with Gasteiger partial charge < -0.3 is 4.74 Å². The van der Waals surface area contributed by atoms with Crippen molar-refractivity contribution in [1.29, 1.82) is 0 Å². The molecule has 0 N–H and O–H groups in total. The summed E-state index contributed by atoms with van der Waals surface area (Å²) in [5.74, 6) is 0.833. The fourth-order valence-electron chi connectivity index (χ4n) is 1.93. The van der Waals surface area contributed by atoms with Crippen molar-refractivity contribution in [3.63, 3.8) is 0 Å². The van der Waals surface area contributed by atoms with Crippen LogP contribution in [0.3, 0.4) is 0 Å². The molecule has 0 aliphatic rings. The van der Waals surface area contributed by atoms with Crippen molar-refractivity contribution in [2.75, 3.05) is 0 Å². The Labute approximate surface area is 123 Å². The number of aromatic nitrogens is 2. The molecule has 0 spiro atoms. The molecule has 1 aromatic heterocycles. The monoisotopic (exact) mass is 292 g/mol. The van der Waals surface area contributed by atoms with Crippen LogP contribution in [0.25, 0.3) is 0 Å². The van der Waals surface area contributed by atoms with E-state index in [0.29, 0.717) is 29.5 Å². The van der Waals surface area contributed by atoms with Gasteiger partial charge in [0.05, 0.1) is 5.69 Å². The SMILES string of the molecule is CCC(=O)c1ccc(OCc2c(C)nn(C)c2Cl)cc1. The minimum Gasteiger partial charge on any atom is -0.489 e. The summed E-state index contributed by atoms with van der Waals surface area (Å²) in [6.07, 6.45) is 0.505. The van der Waals surface area contributed by atoms with Crippen LogP contribution in [0.1, 0.15) is 35.0 Å². The second-order valence-corrected chi connectivity index (χ2v) is 4.93. The van der Waals surface area contributed by atoms with Gasteiger partial charge in [-0.1, -0.05) is 18.5 Å². The first kappa shape index (κ1) is 14.6. The summed E-state index contributed by atoms with van der Waals surface area (Å²) >= 11 is 6.14. The van der Waals surface area contributed by atoms with Crippen molar-refractivity contribution in [3.8, 4) is 5.75 Å². The second kappa shape index (κ2) is 6.09. The lowest BCUT2D eigenvalue weighted by Crippen LogP contribution is -1.99. The largest absolute Gasteiger partial charge is 0.489 e. The van der Waals surface area contributed by atoms with Gasteiger partial charge >= 0.3 is 0 Å². The van der Waals surface area contributed by atoms with E-state index in [9.17, 15) is 4.79 Å². The first-order valence-electron chi connectivity index (χ1n) is 6.47. The number of carbonyl (C=O) groups excluding carboxylic acids is 1. The fraction of sp³-hybridized carbons (Fsp3) is 0.333. The Bertz CT molecular complexity index is 618. The minimum atomic E-state index is 0.127. The van der Waals surface area contributed by atoms with E-state index in [1.54, 1.807) is 36.0 Å². The van der Waals surface area contributed by atoms with E-state index in [2.05, 4.69) is 5.10 Å². The number of nitrogens with zero attached hydrogens (tertiary/aromatic N) is 2. The Hall–Kier alpha value is -1.81. The molecule has 2 rings (SSSR count). The minimum absolute atomic E-state index is 0.127. The number of ether oxygens (including phenoxy) is 1. The summed E-state index contributed by atoms with van der Waals surface area (Å²) < 4.78 is 7.31. The molecule has 20 heavy (non-hydrogen) atoms. The quantitative estimate of drug-likeness (QED) is 0.792. The highest BCUT2D eigenvalue weighted by atomic mass is 35.5. The zero-order valence-electron chi connectivity index (χ0n) is 11.8. The van der Waals surface area contributed by atoms with Crippen LogP contribution in [0.15, 0.2) is 24.3 Å². The van der Waals surface area contributed by atoms with Gasteiger partial charge in [0.15, 0.2) is 5.78 Å². The molecule has 0 bridgehead atoms. The lowest BCUT2D eigenvalue weighted by molar-refractivity contribution is 0.0988. The van der Waals surface area contributed by atoms with E-state index in [1.807, 2.05) is 13.8 Å². The average Bonchev–Trinajstić information content (AvgIpc) is 2.70. The molecule has 4 nitrogen and oxygen atoms in total. The van der Waals surface area contributed by atoms with Crippen molar-refractivity contribution >= 4 is 17.4 Å². The molecule has 106 valence electrons. The second-order valence-electron chi connectivity index (χ2n) is 4.57. The number of hydrogen-bond acceptors (Lipinski definition) is 3. The molecule has 0 amide bonds. The van der Waals surface area contributed by atoms with Gasteiger partial charge in [0.25, 0.3) is 0 Å². The number of rotatable bonds is 5. The highest BCUT2D eigenvalue weighted by Gasteiger charge is 2.11. The Morgan fingerprint density at radius 3 is 2.50 bits per heavy atom. The van der Waals surface area contributed by atoms with Crippen LogP contribution in [0.5, 0.6) is 5.75 Å². The van der Waals surface area contributed by atoms with E-state index in [-0.39, 0.29) is 5.78 Å². The molecule has 0 unspecified atom stereocenters. The number of ketones is 1. The van der Waals surface area contributed by atoms with Gasteiger partial charge in [0.2, 0.25) is 0 Å². The number of benzene rings is 1. The average molecular weight is 293 g/mol. The van der Waals surface area contributed by atoms with Crippen LogP contribution < -0.4 is 4.74 Å². The third-order valence-electron chi connectivity index (χ3n) is 3.15. The van der Waals surface area contributed by atoms with Gasteiger partial charge in [-0.3, -0.25) is 9.48 Å². The Balaban J connectivity index is 2.06. The number of Topliss-reactive ketones (excluding diaryl/α,β-unsaturated/α-hetero) is 1. The molecular formula is C15H17ClN2O2. The summed E-state index contributed by atoms with van der Waals surface area (Å²) in [6, 6.07) is 7.14. The normalized spacial score (nSPS) is 10.6. The van der Waals surface area contributed by atoms with Crippen LogP contribution >= 0.6 is 11.6 Å². The van der Waals surface area contributed by atoms with Gasteiger partial charge in [-0.15, -0.1) is 0 Å². The lowest BCUT2D eigenvalue weighted by atomic mass is 10.1. The smallest absolute Gasteiger partial charge is 0.162 e. The highest BCUT2D eigenvalue weighted by molar-refractivity contribution is 6.30. The van der Waals surface area contributed by atoms with E-state index in [0.717, 1.165) is 11.3 Å². The third kappa shape index (κ3) is 3.02. The Morgan fingerprint density at radius 1 is 1.35 bits per heavy atom. The topological polar surface area (TPSA) is 44.1 Å². The van der Waals surface area contributed by atoms with Gasteiger partial charge in [-0.05, 0) is 31.2 Å². The summed E-state index contributed by atoms with van der Waals surface area (Å²) in [5, 5.41) is 4.81. The molecule has 0 radical (unpaired) electrons. The van der Waals surface area contributed by atoms with E-state index in [1.165, 1.54) is 0 Å². The predicted octanol–water partition coefficient (Wildman–Crippen LogP) is 3.55. The summed E-state index contributed by atoms with van der Waals surface area (Å²) in [7, 11) is 1.80. The molecule has 0 fully saturated rings. The third-order valence-corrected chi connectivity index (χ3v) is 3.62. The van der Waals surface area contributed by atoms with Crippen LogP contribution in [-0.4, -0.2) is 15.6 Å². The van der Waals surface area contributed by atoms with Crippen molar-refractivity contribution < 1.29 is 9.53 Å². The molecule has 0 aliphatic carbocycles. The molecule has 0 saturated heterocycles. The molecular weight excluding hydrogens is 276 g/mol. The van der Waals surface area contributed by atoms with Gasteiger partial charge in [-0.2, -0.15) is 5.10 Å². The highest BCUT2D eigenvalue weighted by Crippen LogP contribution is 2.21. The van der Waals surface area contributed by atoms with E-state index >= 15 is 0 Å². The molecule has 0 aliphatic heterocycles. The number of aryl methyl sites for hydroxylation is 2. The van der Waals surface area contributed by atoms with Crippen molar-refractivity contribution in [2.24, 2.45) is 7.05 Å². The number of hydrogen-bond donors (Lipinski definition) is 0. The maximum atomic E-state index is 11.5. The van der Waals surface area contributed by atoms with Gasteiger partial charge in [0, 0.05) is 24.6 Å². The summed E-state index contributed by atoms with van der Waals surface area (Å²) in [5.41, 5.74) is 2.44. The predicted molar refractivity (Wildman–Crippen MR) is 78.4 cm³/mol. The van der Waals surface area contributed by atoms with Gasteiger partial charge in [0.1, 0.15) is 17.5 Å². The maximum absolute atomic E-state index is 11.5. The zero-order chi connectivity index (χ0) is 14.7. The Kier molecular flexibility index (Phi) is 4.45. The van der Waals surface area contributed by atoms with E-state index < -0.39 is 0 Å². The van der Waals surface area contributed by atoms with Crippen LogP contribution in [0, 0.1) is 6.92 Å². The lowest BCUT2D eigenvalue weighted by Gasteiger charge is -2.07. The fourth-order valence-corrected chi connectivity index (χ4v) is 2.16. The van der Waals surface area contributed by atoms with Crippen molar-refractivity contribution in [3.05, 3.63) is 46.2 Å². The van der Waals surface area contributed by atoms with Crippen LogP contribution in [0.2, 0.25) is 5.15 Å². The van der Waals surface area contributed by atoms with E-state index in [4.69, 9.17) is 16.3 Å².